The van der Waals surface area contributed by atoms with E-state index in [9.17, 15) is 28.6 Å². The summed E-state index contributed by atoms with van der Waals surface area (Å²) in [7, 11) is 0. The molecular weight excluding hydrogens is 629 g/mol. The molecule has 5 rings (SSSR count). The number of aliphatic hydroxyl groups is 2. The number of para-hydroxylation sites is 1. The van der Waals surface area contributed by atoms with Gasteiger partial charge in [-0.05, 0) is 37.5 Å². The van der Waals surface area contributed by atoms with Crippen LogP contribution in [0.2, 0.25) is 4.34 Å². The van der Waals surface area contributed by atoms with Gasteiger partial charge in [0.15, 0.2) is 12.2 Å². The molecule has 16 heteroatoms. The van der Waals surface area contributed by atoms with Crippen molar-refractivity contribution in [3.8, 4) is 5.69 Å². The van der Waals surface area contributed by atoms with Crippen LogP contribution in [0.15, 0.2) is 30.5 Å². The minimum Gasteiger partial charge on any atom is -0.479 e. The van der Waals surface area contributed by atoms with Gasteiger partial charge in [-0.3, -0.25) is 10.2 Å². The molecule has 0 bridgehead atoms. The van der Waals surface area contributed by atoms with E-state index in [0.29, 0.717) is 52.9 Å². The van der Waals surface area contributed by atoms with E-state index in [1.165, 1.54) is 22.9 Å². The third-order valence-electron chi connectivity index (χ3n) is 7.82. The number of aliphatic hydroxyl groups excluding tert-OH is 2. The zero-order valence-corrected chi connectivity index (χ0v) is 25.0. The molecule has 2 aromatic heterocycles. The van der Waals surface area contributed by atoms with Gasteiger partial charge in [0, 0.05) is 48.4 Å². The lowest BCUT2D eigenvalue weighted by atomic mass is 9.84. The molecule has 0 saturated carbocycles. The molecule has 4 heterocycles. The molecule has 1 saturated heterocycles. The summed E-state index contributed by atoms with van der Waals surface area (Å²) in [4.78, 5) is 25.1. The van der Waals surface area contributed by atoms with Crippen LogP contribution in [-0.2, 0) is 43.7 Å². The molecule has 11 nitrogen and oxygen atoms in total. The van der Waals surface area contributed by atoms with Crippen LogP contribution in [0.3, 0.4) is 0 Å². The van der Waals surface area contributed by atoms with E-state index in [2.05, 4.69) is 15.3 Å². The number of hydrogen-bond acceptors (Lipinski definition) is 10. The highest BCUT2D eigenvalue weighted by atomic mass is 35.5. The Morgan fingerprint density at radius 1 is 1.23 bits per heavy atom. The van der Waals surface area contributed by atoms with E-state index < -0.39 is 54.8 Å². The molecule has 1 fully saturated rings. The van der Waals surface area contributed by atoms with Crippen LogP contribution in [0.1, 0.15) is 40.1 Å². The molecule has 1 unspecified atom stereocenters. The Kier molecular flexibility index (Phi) is 9.37. The molecule has 4 N–H and O–H groups in total. The third kappa shape index (κ3) is 6.49. The largest absolute Gasteiger partial charge is 0.479 e. The van der Waals surface area contributed by atoms with Gasteiger partial charge < -0.3 is 24.8 Å². The molecule has 44 heavy (non-hydrogen) atoms. The Hall–Kier alpha value is -3.05. The van der Waals surface area contributed by atoms with Gasteiger partial charge in [-0.25, -0.2) is 18.7 Å². The maximum Gasteiger partial charge on any atom is 0.339 e. The van der Waals surface area contributed by atoms with E-state index in [1.807, 2.05) is 0 Å². The average molecular weight is 659 g/mol. The van der Waals surface area contributed by atoms with Gasteiger partial charge in [-0.2, -0.15) is 13.9 Å². The van der Waals surface area contributed by atoms with Crippen LogP contribution in [0.5, 0.6) is 0 Å². The number of nitrogens with one attached hydrogen (secondary N) is 1. The lowest BCUT2D eigenvalue weighted by molar-refractivity contribution is -0.182. The van der Waals surface area contributed by atoms with Crippen molar-refractivity contribution >= 4 is 34.9 Å². The molecule has 2 aliphatic heterocycles. The second-order valence-corrected chi connectivity index (χ2v) is 12.4. The van der Waals surface area contributed by atoms with E-state index in [1.54, 1.807) is 19.2 Å². The monoisotopic (exact) mass is 658 g/mol. The number of halogens is 4. The Morgan fingerprint density at radius 2 is 1.95 bits per heavy atom. The summed E-state index contributed by atoms with van der Waals surface area (Å²) in [5, 5.41) is 34.8. The van der Waals surface area contributed by atoms with Crippen molar-refractivity contribution in [1.82, 2.24) is 20.0 Å². The number of carboxylic acids is 1. The lowest BCUT2D eigenvalue weighted by Gasteiger charge is -2.45. The Morgan fingerprint density at radius 3 is 2.66 bits per heavy atom. The molecule has 238 valence electrons. The first-order chi connectivity index (χ1) is 20.8. The molecule has 1 aromatic carbocycles. The molecule has 2 atom stereocenters. The standard InChI is InChI=1S/C28H30ClF3N4O7S/c1-15-17(11-35-7-5-27(6-8-35)24-18(9-20(29)44-24)28(31,32)13-43-27)12-36(34-15)21-16(3-2-4-19(21)30)10-33-14-42-26(41)23(38)22(37)25(39)40/h2-4,9,12,22-23,33,37-38H,5-8,10-11,13-14H2,1H3,(H,39,40)/t22?,23-/m1/s1. The summed E-state index contributed by atoms with van der Waals surface area (Å²) in [5.41, 5.74) is 1.30. The Balaban J connectivity index is 1.22. The van der Waals surface area contributed by atoms with Gasteiger partial charge in [0.1, 0.15) is 30.4 Å². The van der Waals surface area contributed by atoms with Crippen LogP contribution in [0.25, 0.3) is 5.69 Å². The maximum absolute atomic E-state index is 15.0. The van der Waals surface area contributed by atoms with Crippen molar-refractivity contribution < 1.29 is 47.6 Å². The minimum absolute atomic E-state index is 0.0220. The zero-order chi connectivity index (χ0) is 31.8. The number of nitrogens with zero attached hydrogens (tertiary/aromatic N) is 3. The normalized spacial score (nSPS) is 19.0. The molecule has 0 radical (unpaired) electrons. The van der Waals surface area contributed by atoms with E-state index in [-0.39, 0.29) is 17.8 Å². The Bertz CT molecular complexity index is 1540. The van der Waals surface area contributed by atoms with Crippen LogP contribution in [0.4, 0.5) is 13.2 Å². The van der Waals surface area contributed by atoms with Crippen LogP contribution in [-0.4, -0.2) is 80.6 Å². The van der Waals surface area contributed by atoms with Crippen molar-refractivity contribution in [3.05, 3.63) is 67.9 Å². The number of thiophene rings is 1. The second kappa shape index (κ2) is 12.7. The summed E-state index contributed by atoms with van der Waals surface area (Å²) in [6, 6.07) is 5.77. The van der Waals surface area contributed by atoms with Gasteiger partial charge in [0.2, 0.25) is 0 Å². The number of ether oxygens (including phenoxy) is 2. The lowest BCUT2D eigenvalue weighted by Crippen LogP contribution is -2.48. The SMILES string of the molecule is Cc1nn(-c2c(F)cccc2CNCOC(=O)[C@H](O)C(O)C(=O)O)cc1CN1CCC2(CC1)OCC(F)(F)c1cc(Cl)sc12. The number of alkyl halides is 2. The summed E-state index contributed by atoms with van der Waals surface area (Å²) in [6.07, 6.45) is -1.84. The molecule has 2 aliphatic rings. The molecule has 0 aliphatic carbocycles. The number of aliphatic carboxylic acids is 1. The number of aryl methyl sites for hydroxylation is 1. The molecular formula is C28H30ClF3N4O7S. The summed E-state index contributed by atoms with van der Waals surface area (Å²) < 4.78 is 56.3. The number of carbonyl (C=O) groups is 2. The number of fused-ring (bicyclic) bond motifs is 2. The molecule has 0 amide bonds. The molecule has 1 spiro atoms. The van der Waals surface area contributed by atoms with E-state index in [4.69, 9.17) is 26.2 Å². The van der Waals surface area contributed by atoms with Gasteiger partial charge in [-0.15, -0.1) is 11.3 Å². The van der Waals surface area contributed by atoms with Gasteiger partial charge in [0.05, 0.1) is 10.0 Å². The topological polar surface area (TPSA) is 146 Å². The van der Waals surface area contributed by atoms with Crippen molar-refractivity contribution in [1.29, 1.82) is 0 Å². The average Bonchev–Trinajstić information content (AvgIpc) is 3.56. The van der Waals surface area contributed by atoms with Crippen molar-refractivity contribution in [3.63, 3.8) is 0 Å². The predicted octanol–water partition coefficient (Wildman–Crippen LogP) is 3.04. The van der Waals surface area contributed by atoms with Gasteiger partial charge in [0.25, 0.3) is 5.92 Å². The van der Waals surface area contributed by atoms with Crippen molar-refractivity contribution in [2.45, 2.75) is 56.6 Å². The number of esters is 1. The van der Waals surface area contributed by atoms with Crippen LogP contribution in [0, 0.1) is 12.7 Å². The van der Waals surface area contributed by atoms with E-state index >= 15 is 4.39 Å². The zero-order valence-electron chi connectivity index (χ0n) is 23.4. The number of carboxylic acid groups (broad SMARTS) is 1. The fraction of sp³-hybridized carbons (Fsp3) is 0.464. The van der Waals surface area contributed by atoms with Crippen LogP contribution >= 0.6 is 22.9 Å². The highest BCUT2D eigenvalue weighted by molar-refractivity contribution is 7.16. The van der Waals surface area contributed by atoms with Gasteiger partial charge >= 0.3 is 11.9 Å². The summed E-state index contributed by atoms with van der Waals surface area (Å²) in [5.74, 6) is -6.74. The first-order valence-electron chi connectivity index (χ1n) is 13.6. The highest BCUT2D eigenvalue weighted by Gasteiger charge is 2.51. The summed E-state index contributed by atoms with van der Waals surface area (Å²) in [6.45, 7) is 2.36. The van der Waals surface area contributed by atoms with Crippen LogP contribution < -0.4 is 5.32 Å². The van der Waals surface area contributed by atoms with Crippen molar-refractivity contribution in [2.75, 3.05) is 26.4 Å². The number of benzene rings is 1. The second-order valence-electron chi connectivity index (χ2n) is 10.8. The Labute approximate surface area is 258 Å². The highest BCUT2D eigenvalue weighted by Crippen LogP contribution is 2.52. The number of aromatic nitrogens is 2. The van der Waals surface area contributed by atoms with E-state index in [0.717, 1.165) is 16.9 Å². The maximum atomic E-state index is 15.0. The number of hydrogen-bond donors (Lipinski definition) is 4. The van der Waals surface area contributed by atoms with Crippen molar-refractivity contribution in [2.24, 2.45) is 0 Å². The predicted molar refractivity (Wildman–Crippen MR) is 151 cm³/mol. The quantitative estimate of drug-likeness (QED) is 0.146. The summed E-state index contributed by atoms with van der Waals surface area (Å²) >= 11 is 7.25. The van der Waals surface area contributed by atoms with Gasteiger partial charge in [-0.1, -0.05) is 23.7 Å². The number of piperidine rings is 1. The number of carbonyl (C=O) groups excluding carboxylic acids is 1. The number of rotatable bonds is 10. The third-order valence-corrected chi connectivity index (χ3v) is 9.27. The fourth-order valence-corrected chi connectivity index (χ4v) is 6.89. The first-order valence-corrected chi connectivity index (χ1v) is 14.8. The fourth-order valence-electron chi connectivity index (χ4n) is 5.41. The molecule has 3 aromatic rings. The first kappa shape index (κ1) is 32.3. The smallest absolute Gasteiger partial charge is 0.339 e. The minimum atomic E-state index is -3.08. The number of likely N-dealkylation sites (tertiary alicyclic amines) is 1.